The van der Waals surface area contributed by atoms with Crippen molar-refractivity contribution in [3.63, 3.8) is 0 Å². The Balaban J connectivity index is 2.24. The molecule has 1 aromatic rings. The predicted molar refractivity (Wildman–Crippen MR) is 80.9 cm³/mol. The highest BCUT2D eigenvalue weighted by atomic mass is 16.6. The van der Waals surface area contributed by atoms with E-state index in [-0.39, 0.29) is 31.7 Å². The van der Waals surface area contributed by atoms with Crippen molar-refractivity contribution in [1.82, 2.24) is 0 Å². The zero-order valence-corrected chi connectivity index (χ0v) is 13.3. The summed E-state index contributed by atoms with van der Waals surface area (Å²) in [5, 5.41) is 0. The van der Waals surface area contributed by atoms with Gasteiger partial charge in [-0.15, -0.1) is 0 Å². The third-order valence-electron chi connectivity index (χ3n) is 2.61. The molecule has 0 amide bonds. The molecule has 0 aliphatic heterocycles. The summed E-state index contributed by atoms with van der Waals surface area (Å²) in [5.74, 6) is -1.36. The van der Waals surface area contributed by atoms with Crippen molar-refractivity contribution in [3.8, 4) is 0 Å². The van der Waals surface area contributed by atoms with Crippen molar-refractivity contribution in [1.29, 1.82) is 0 Å². The van der Waals surface area contributed by atoms with E-state index in [0.29, 0.717) is 0 Å². The Labute approximate surface area is 130 Å². The van der Waals surface area contributed by atoms with Crippen LogP contribution in [0.5, 0.6) is 0 Å². The summed E-state index contributed by atoms with van der Waals surface area (Å²) in [7, 11) is 0. The van der Waals surface area contributed by atoms with Gasteiger partial charge >= 0.3 is 11.9 Å². The third-order valence-corrected chi connectivity index (χ3v) is 2.61. The van der Waals surface area contributed by atoms with Gasteiger partial charge in [0.1, 0.15) is 24.4 Å². The second kappa shape index (κ2) is 8.32. The average Bonchev–Trinajstić information content (AvgIpc) is 2.42. The van der Waals surface area contributed by atoms with E-state index in [1.807, 2.05) is 30.3 Å². The maximum Gasteiger partial charge on any atom is 0.313 e. The van der Waals surface area contributed by atoms with E-state index in [0.717, 1.165) is 5.56 Å². The van der Waals surface area contributed by atoms with Gasteiger partial charge in [-0.2, -0.15) is 0 Å². The van der Waals surface area contributed by atoms with Crippen molar-refractivity contribution in [2.45, 2.75) is 52.2 Å². The molecule has 0 bridgehead atoms. The van der Waals surface area contributed by atoms with E-state index in [2.05, 4.69) is 0 Å². The van der Waals surface area contributed by atoms with Crippen LogP contribution in [0.3, 0.4) is 0 Å². The van der Waals surface area contributed by atoms with Gasteiger partial charge in [-0.1, -0.05) is 30.3 Å². The number of esters is 2. The van der Waals surface area contributed by atoms with Crippen LogP contribution in [-0.2, 0) is 30.5 Å². The van der Waals surface area contributed by atoms with Crippen LogP contribution in [0.1, 0.15) is 45.6 Å². The summed E-state index contributed by atoms with van der Waals surface area (Å²) in [4.78, 5) is 34.6. The van der Waals surface area contributed by atoms with E-state index >= 15 is 0 Å². The molecule has 120 valence electrons. The first-order chi connectivity index (χ1) is 10.3. The minimum atomic E-state index is -0.585. The molecule has 0 saturated carbocycles. The lowest BCUT2D eigenvalue weighted by atomic mass is 10.1. The number of carbonyl (C=O) groups is 3. The summed E-state index contributed by atoms with van der Waals surface area (Å²) < 4.78 is 10.1. The molecule has 0 fully saturated rings. The molecule has 0 aliphatic carbocycles. The lowest BCUT2D eigenvalue weighted by molar-refractivity contribution is -0.156. The highest BCUT2D eigenvalue weighted by Crippen LogP contribution is 2.10. The van der Waals surface area contributed by atoms with E-state index in [9.17, 15) is 14.4 Å². The normalized spacial score (nSPS) is 10.9. The molecule has 0 atom stereocenters. The van der Waals surface area contributed by atoms with Gasteiger partial charge in [-0.25, -0.2) is 0 Å². The molecule has 0 heterocycles. The number of carbonyl (C=O) groups excluding carboxylic acids is 3. The summed E-state index contributed by atoms with van der Waals surface area (Å²) in [5.41, 5.74) is 0.284. The molecular weight excluding hydrogens is 284 g/mol. The Morgan fingerprint density at radius 3 is 2.18 bits per heavy atom. The molecule has 0 radical (unpaired) electrons. The molecule has 5 heteroatoms. The molecular formula is C17H22O5. The zero-order valence-electron chi connectivity index (χ0n) is 13.3. The number of Topliss-reactive ketones (excluding diaryl/α,β-unsaturated/α-hetero) is 1. The second-order valence-corrected chi connectivity index (χ2v) is 5.95. The van der Waals surface area contributed by atoms with E-state index in [1.165, 1.54) is 0 Å². The van der Waals surface area contributed by atoms with Gasteiger partial charge in [0, 0.05) is 6.42 Å². The Bertz CT molecular complexity index is 514. The predicted octanol–water partition coefficient (Wildman–Crippen LogP) is 2.81. The lowest BCUT2D eigenvalue weighted by Crippen LogP contribution is -2.24. The van der Waals surface area contributed by atoms with Crippen LogP contribution >= 0.6 is 0 Å². The standard InChI is InChI=1S/C17H22O5/c1-17(2,3)22-15(19)10-9-14(18)11-16(20)21-12-13-7-5-4-6-8-13/h4-8H,9-12H2,1-3H3. The van der Waals surface area contributed by atoms with Gasteiger partial charge in [-0.05, 0) is 26.3 Å². The van der Waals surface area contributed by atoms with Crippen molar-refractivity contribution in [2.24, 2.45) is 0 Å². The highest BCUT2D eigenvalue weighted by molar-refractivity contribution is 5.96. The van der Waals surface area contributed by atoms with Crippen molar-refractivity contribution < 1.29 is 23.9 Å². The first kappa shape index (κ1) is 17.9. The molecule has 0 aromatic heterocycles. The Morgan fingerprint density at radius 1 is 0.955 bits per heavy atom. The second-order valence-electron chi connectivity index (χ2n) is 5.95. The maximum atomic E-state index is 11.6. The van der Waals surface area contributed by atoms with Crippen LogP contribution in [0.15, 0.2) is 30.3 Å². The zero-order chi connectivity index (χ0) is 16.6. The molecule has 0 N–H and O–H groups in total. The topological polar surface area (TPSA) is 69.7 Å². The molecule has 0 saturated heterocycles. The molecule has 1 rings (SSSR count). The molecule has 0 unspecified atom stereocenters. The number of ketones is 1. The smallest absolute Gasteiger partial charge is 0.313 e. The minimum absolute atomic E-state index is 0.0185. The summed E-state index contributed by atoms with van der Waals surface area (Å²) >= 11 is 0. The van der Waals surface area contributed by atoms with Gasteiger partial charge in [0.15, 0.2) is 0 Å². The number of rotatable bonds is 7. The fourth-order valence-electron chi connectivity index (χ4n) is 1.67. The SMILES string of the molecule is CC(C)(C)OC(=O)CCC(=O)CC(=O)OCc1ccccc1. The van der Waals surface area contributed by atoms with Crippen LogP contribution in [0.2, 0.25) is 0 Å². The monoisotopic (exact) mass is 306 g/mol. The Hall–Kier alpha value is -2.17. The van der Waals surface area contributed by atoms with Gasteiger partial charge < -0.3 is 9.47 Å². The third kappa shape index (κ3) is 8.19. The first-order valence-electron chi connectivity index (χ1n) is 7.19. The minimum Gasteiger partial charge on any atom is -0.460 e. The fourth-order valence-corrected chi connectivity index (χ4v) is 1.67. The molecule has 0 aliphatic rings. The molecule has 5 nitrogen and oxygen atoms in total. The van der Waals surface area contributed by atoms with E-state index in [1.54, 1.807) is 20.8 Å². The summed E-state index contributed by atoms with van der Waals surface area (Å²) in [6.07, 6.45) is -0.368. The van der Waals surface area contributed by atoms with Crippen LogP contribution in [0.4, 0.5) is 0 Å². The number of hydrogen-bond donors (Lipinski definition) is 0. The van der Waals surface area contributed by atoms with Crippen molar-refractivity contribution >= 4 is 17.7 Å². The van der Waals surface area contributed by atoms with E-state index < -0.39 is 17.5 Å². The number of ether oxygens (including phenoxy) is 2. The maximum absolute atomic E-state index is 11.6. The fraction of sp³-hybridized carbons (Fsp3) is 0.471. The first-order valence-corrected chi connectivity index (χ1v) is 7.19. The van der Waals surface area contributed by atoms with Gasteiger partial charge in [0.2, 0.25) is 0 Å². The molecule has 0 spiro atoms. The largest absolute Gasteiger partial charge is 0.460 e. The Morgan fingerprint density at radius 2 is 1.59 bits per heavy atom. The van der Waals surface area contributed by atoms with Crippen molar-refractivity contribution in [2.75, 3.05) is 0 Å². The van der Waals surface area contributed by atoms with E-state index in [4.69, 9.17) is 9.47 Å². The van der Waals surface area contributed by atoms with Gasteiger partial charge in [0.05, 0.1) is 6.42 Å². The quantitative estimate of drug-likeness (QED) is 0.572. The summed E-state index contributed by atoms with van der Waals surface area (Å²) in [6, 6.07) is 9.21. The van der Waals surface area contributed by atoms with Crippen LogP contribution < -0.4 is 0 Å². The van der Waals surface area contributed by atoms with Crippen LogP contribution in [0.25, 0.3) is 0 Å². The van der Waals surface area contributed by atoms with Gasteiger partial charge in [-0.3, -0.25) is 14.4 Å². The molecule has 22 heavy (non-hydrogen) atoms. The van der Waals surface area contributed by atoms with Crippen LogP contribution in [-0.4, -0.2) is 23.3 Å². The number of benzene rings is 1. The lowest BCUT2D eigenvalue weighted by Gasteiger charge is -2.19. The Kier molecular flexibility index (Phi) is 6.76. The number of hydrogen-bond acceptors (Lipinski definition) is 5. The van der Waals surface area contributed by atoms with Gasteiger partial charge in [0.25, 0.3) is 0 Å². The molecule has 1 aromatic carbocycles. The van der Waals surface area contributed by atoms with Crippen molar-refractivity contribution in [3.05, 3.63) is 35.9 Å². The average molecular weight is 306 g/mol. The highest BCUT2D eigenvalue weighted by Gasteiger charge is 2.18. The van der Waals surface area contributed by atoms with Crippen LogP contribution in [0, 0.1) is 0 Å². The summed E-state index contributed by atoms with van der Waals surface area (Å²) in [6.45, 7) is 5.41.